The molecule has 1 aliphatic carbocycles. The molecule has 1 saturated heterocycles. The molecule has 2 aliphatic rings. The summed E-state index contributed by atoms with van der Waals surface area (Å²) in [6.45, 7) is 8.32. The van der Waals surface area contributed by atoms with Gasteiger partial charge in [0.05, 0.1) is 0 Å². The van der Waals surface area contributed by atoms with Gasteiger partial charge in [-0.3, -0.25) is 0 Å². The van der Waals surface area contributed by atoms with E-state index in [2.05, 4.69) is 38.0 Å². The molecule has 0 spiro atoms. The van der Waals surface area contributed by atoms with E-state index in [1.54, 1.807) is 0 Å². The summed E-state index contributed by atoms with van der Waals surface area (Å²) < 4.78 is 0. The van der Waals surface area contributed by atoms with Crippen LogP contribution in [0.25, 0.3) is 0 Å². The highest BCUT2D eigenvalue weighted by Crippen LogP contribution is 2.45. The second-order valence-electron chi connectivity index (χ2n) is 5.96. The van der Waals surface area contributed by atoms with Gasteiger partial charge in [-0.2, -0.15) is 0 Å². The van der Waals surface area contributed by atoms with Gasteiger partial charge >= 0.3 is 0 Å². The maximum Gasteiger partial charge on any atom is 0.0127 e. The maximum absolute atomic E-state index is 3.81. The van der Waals surface area contributed by atoms with Crippen LogP contribution in [0.3, 0.4) is 0 Å². The van der Waals surface area contributed by atoms with Crippen LogP contribution >= 0.6 is 0 Å². The molecule has 0 aromatic heterocycles. The fourth-order valence-corrected chi connectivity index (χ4v) is 2.48. The fraction of sp³-hybridized carbons (Fsp3) is 1.00. The predicted octanol–water partition coefficient (Wildman–Crippen LogP) is 1.86. The average Bonchev–Trinajstić information content (AvgIpc) is 2.67. The standard InChI is InChI=1S/C12H24N2/c1-9-7-10(5-6-14(9)4)13-11-8-12(11,2)3/h9-11,13H,5-8H2,1-4H3. The molecule has 0 amide bonds. The average molecular weight is 196 g/mol. The Morgan fingerprint density at radius 1 is 1.36 bits per heavy atom. The van der Waals surface area contributed by atoms with Gasteiger partial charge in [-0.25, -0.2) is 0 Å². The van der Waals surface area contributed by atoms with Gasteiger partial charge in [-0.05, 0) is 45.2 Å². The fourth-order valence-electron chi connectivity index (χ4n) is 2.48. The van der Waals surface area contributed by atoms with E-state index in [0.717, 1.165) is 18.1 Å². The van der Waals surface area contributed by atoms with Gasteiger partial charge in [0.25, 0.3) is 0 Å². The number of piperidine rings is 1. The number of nitrogens with zero attached hydrogens (tertiary/aromatic N) is 1. The van der Waals surface area contributed by atoms with Crippen LogP contribution in [0.15, 0.2) is 0 Å². The third-order valence-electron chi connectivity index (χ3n) is 4.16. The molecule has 14 heavy (non-hydrogen) atoms. The number of nitrogens with one attached hydrogen (secondary N) is 1. The smallest absolute Gasteiger partial charge is 0.0127 e. The number of hydrogen-bond donors (Lipinski definition) is 1. The molecule has 3 unspecified atom stereocenters. The van der Waals surface area contributed by atoms with Crippen molar-refractivity contribution in [2.45, 2.75) is 58.2 Å². The summed E-state index contributed by atoms with van der Waals surface area (Å²) in [6, 6.07) is 2.32. The Bertz CT molecular complexity index is 212. The second kappa shape index (κ2) is 3.49. The molecule has 0 bridgehead atoms. The van der Waals surface area contributed by atoms with Crippen LogP contribution < -0.4 is 5.32 Å². The lowest BCUT2D eigenvalue weighted by atomic mass is 9.98. The predicted molar refractivity (Wildman–Crippen MR) is 60.4 cm³/mol. The maximum atomic E-state index is 3.81. The molecule has 3 atom stereocenters. The quantitative estimate of drug-likeness (QED) is 0.725. The van der Waals surface area contributed by atoms with Crippen LogP contribution in [-0.4, -0.2) is 36.6 Å². The van der Waals surface area contributed by atoms with Gasteiger partial charge in [0.15, 0.2) is 0 Å². The van der Waals surface area contributed by atoms with Gasteiger partial charge in [-0.1, -0.05) is 13.8 Å². The zero-order chi connectivity index (χ0) is 10.3. The summed E-state index contributed by atoms with van der Waals surface area (Å²) in [5.74, 6) is 0. The first kappa shape index (κ1) is 10.4. The van der Waals surface area contributed by atoms with Crippen molar-refractivity contribution in [3.63, 3.8) is 0 Å². The molecule has 0 aromatic carbocycles. The molecule has 2 fully saturated rings. The molecule has 1 N–H and O–H groups in total. The topological polar surface area (TPSA) is 15.3 Å². The van der Waals surface area contributed by atoms with Crippen LogP contribution in [0.4, 0.5) is 0 Å². The first-order valence-corrected chi connectivity index (χ1v) is 5.95. The lowest BCUT2D eigenvalue weighted by Gasteiger charge is -2.35. The van der Waals surface area contributed by atoms with Crippen LogP contribution in [0.5, 0.6) is 0 Å². The number of likely N-dealkylation sites (tertiary alicyclic amines) is 1. The van der Waals surface area contributed by atoms with Crippen LogP contribution in [0.1, 0.15) is 40.0 Å². The molecule has 82 valence electrons. The van der Waals surface area contributed by atoms with Crippen LogP contribution in [-0.2, 0) is 0 Å². The van der Waals surface area contributed by atoms with E-state index in [-0.39, 0.29) is 0 Å². The first-order valence-electron chi connectivity index (χ1n) is 5.95. The van der Waals surface area contributed by atoms with Gasteiger partial charge in [0.2, 0.25) is 0 Å². The van der Waals surface area contributed by atoms with Crippen molar-refractivity contribution in [2.75, 3.05) is 13.6 Å². The Morgan fingerprint density at radius 3 is 2.50 bits per heavy atom. The van der Waals surface area contributed by atoms with E-state index in [4.69, 9.17) is 0 Å². The molecule has 0 aromatic rings. The molecule has 2 rings (SSSR count). The highest BCUT2D eigenvalue weighted by Gasteiger charge is 2.46. The monoisotopic (exact) mass is 196 g/mol. The highest BCUT2D eigenvalue weighted by atomic mass is 15.2. The van der Waals surface area contributed by atoms with Crippen molar-refractivity contribution >= 4 is 0 Å². The SMILES string of the molecule is CC1CC(NC2CC2(C)C)CCN1C. The molecule has 2 nitrogen and oxygen atoms in total. The molecule has 0 radical (unpaired) electrons. The molecule has 2 heteroatoms. The first-order chi connectivity index (χ1) is 6.49. The minimum absolute atomic E-state index is 0.576. The lowest BCUT2D eigenvalue weighted by molar-refractivity contribution is 0.166. The van der Waals surface area contributed by atoms with Crippen LogP contribution in [0.2, 0.25) is 0 Å². The molecule has 1 heterocycles. The molecule has 1 aliphatic heterocycles. The molecular formula is C12H24N2. The summed E-state index contributed by atoms with van der Waals surface area (Å²) in [7, 11) is 2.24. The summed E-state index contributed by atoms with van der Waals surface area (Å²) in [4.78, 5) is 2.47. The summed E-state index contributed by atoms with van der Waals surface area (Å²) >= 11 is 0. The van der Waals surface area contributed by atoms with E-state index >= 15 is 0 Å². The summed E-state index contributed by atoms with van der Waals surface area (Å²) in [5, 5.41) is 3.81. The van der Waals surface area contributed by atoms with Gasteiger partial charge < -0.3 is 10.2 Å². The zero-order valence-corrected chi connectivity index (χ0v) is 10.0. The highest BCUT2D eigenvalue weighted by molar-refractivity contribution is 5.03. The number of rotatable bonds is 2. The summed E-state index contributed by atoms with van der Waals surface area (Å²) in [5.41, 5.74) is 0.576. The third-order valence-corrected chi connectivity index (χ3v) is 4.16. The molecule has 1 saturated carbocycles. The normalized spacial score (nSPS) is 42.4. The Hall–Kier alpha value is -0.0800. The Balaban J connectivity index is 1.78. The van der Waals surface area contributed by atoms with Crippen molar-refractivity contribution in [1.82, 2.24) is 10.2 Å². The van der Waals surface area contributed by atoms with E-state index in [0.29, 0.717) is 5.41 Å². The van der Waals surface area contributed by atoms with E-state index in [9.17, 15) is 0 Å². The van der Waals surface area contributed by atoms with Gasteiger partial charge in [0.1, 0.15) is 0 Å². The lowest BCUT2D eigenvalue weighted by Crippen LogP contribution is -2.46. The van der Waals surface area contributed by atoms with Crippen LogP contribution in [0, 0.1) is 5.41 Å². The minimum Gasteiger partial charge on any atom is -0.311 e. The Morgan fingerprint density at radius 2 is 2.00 bits per heavy atom. The van der Waals surface area contributed by atoms with E-state index in [1.165, 1.54) is 25.8 Å². The van der Waals surface area contributed by atoms with E-state index < -0.39 is 0 Å². The van der Waals surface area contributed by atoms with Gasteiger partial charge in [-0.15, -0.1) is 0 Å². The second-order valence-corrected chi connectivity index (χ2v) is 5.96. The third kappa shape index (κ3) is 2.12. The van der Waals surface area contributed by atoms with Crippen molar-refractivity contribution in [3.05, 3.63) is 0 Å². The van der Waals surface area contributed by atoms with Gasteiger partial charge in [0, 0.05) is 18.1 Å². The van der Waals surface area contributed by atoms with Crippen molar-refractivity contribution < 1.29 is 0 Å². The van der Waals surface area contributed by atoms with E-state index in [1.807, 2.05) is 0 Å². The Labute approximate surface area is 88.1 Å². The largest absolute Gasteiger partial charge is 0.311 e. The number of hydrogen-bond acceptors (Lipinski definition) is 2. The Kier molecular flexibility index (Phi) is 2.61. The molecular weight excluding hydrogens is 172 g/mol. The van der Waals surface area contributed by atoms with Crippen molar-refractivity contribution in [1.29, 1.82) is 0 Å². The summed E-state index contributed by atoms with van der Waals surface area (Å²) in [6.07, 6.45) is 4.02. The van der Waals surface area contributed by atoms with Crippen molar-refractivity contribution in [2.24, 2.45) is 5.41 Å². The zero-order valence-electron chi connectivity index (χ0n) is 10.0. The van der Waals surface area contributed by atoms with Crippen molar-refractivity contribution in [3.8, 4) is 0 Å². The minimum atomic E-state index is 0.576.